The first-order valence-corrected chi connectivity index (χ1v) is 7.60. The number of allylic oxidation sites excluding steroid dienone is 1. The van der Waals surface area contributed by atoms with Gasteiger partial charge in [0, 0.05) is 29.0 Å². The van der Waals surface area contributed by atoms with E-state index in [1.54, 1.807) is 12.3 Å². The van der Waals surface area contributed by atoms with Crippen molar-refractivity contribution in [1.82, 2.24) is 9.97 Å². The Morgan fingerprint density at radius 1 is 1.21 bits per heavy atom. The van der Waals surface area contributed by atoms with Gasteiger partial charge in [0.05, 0.1) is 6.08 Å². The van der Waals surface area contributed by atoms with Crippen LogP contribution in [0.3, 0.4) is 0 Å². The van der Waals surface area contributed by atoms with Gasteiger partial charge in [0.25, 0.3) is 0 Å². The molecule has 0 fully saturated rings. The van der Waals surface area contributed by atoms with Gasteiger partial charge in [0.15, 0.2) is 5.76 Å². The summed E-state index contributed by atoms with van der Waals surface area (Å²) < 4.78 is 5.66. The van der Waals surface area contributed by atoms with Crippen molar-refractivity contribution in [1.29, 1.82) is 0 Å². The molecule has 5 nitrogen and oxygen atoms in total. The predicted octanol–water partition coefficient (Wildman–Crippen LogP) is 3.77. The lowest BCUT2D eigenvalue weighted by atomic mass is 10.2. The molecule has 0 bridgehead atoms. The van der Waals surface area contributed by atoms with Crippen LogP contribution >= 0.6 is 0 Å². The largest absolute Gasteiger partial charge is 0.437 e. The third kappa shape index (κ3) is 2.67. The number of aromatic nitrogens is 2. The first-order chi connectivity index (χ1) is 11.7. The topological polar surface area (TPSA) is 67.0 Å². The number of benzene rings is 1. The van der Waals surface area contributed by atoms with E-state index in [9.17, 15) is 4.79 Å². The maximum Gasteiger partial charge on any atom is 0.226 e. The Kier molecular flexibility index (Phi) is 3.39. The summed E-state index contributed by atoms with van der Waals surface area (Å²) in [5.74, 6) is 0.547. The molecule has 1 aromatic carbocycles. The van der Waals surface area contributed by atoms with E-state index in [1.807, 2.05) is 49.5 Å². The molecular formula is C19H15N3O2. The summed E-state index contributed by atoms with van der Waals surface area (Å²) in [7, 11) is 0. The van der Waals surface area contributed by atoms with Crippen molar-refractivity contribution in [3.05, 3.63) is 77.6 Å². The van der Waals surface area contributed by atoms with Crippen LogP contribution in [0.15, 0.2) is 66.5 Å². The Morgan fingerprint density at radius 3 is 2.88 bits per heavy atom. The molecule has 1 aliphatic rings. The van der Waals surface area contributed by atoms with Crippen LogP contribution in [0.2, 0.25) is 0 Å². The highest BCUT2D eigenvalue weighted by molar-refractivity contribution is 6.09. The maximum atomic E-state index is 12.2. The molecule has 2 aromatic heterocycles. The minimum Gasteiger partial charge on any atom is -0.437 e. The molecule has 0 amide bonds. The van der Waals surface area contributed by atoms with Crippen molar-refractivity contribution >= 4 is 28.6 Å². The van der Waals surface area contributed by atoms with E-state index in [0.717, 1.165) is 22.3 Å². The smallest absolute Gasteiger partial charge is 0.226 e. The lowest BCUT2D eigenvalue weighted by molar-refractivity contribution is -0.112. The second kappa shape index (κ2) is 5.70. The van der Waals surface area contributed by atoms with E-state index in [2.05, 4.69) is 15.3 Å². The quantitative estimate of drug-likeness (QED) is 0.722. The van der Waals surface area contributed by atoms with Crippen LogP contribution in [0.25, 0.3) is 17.1 Å². The Hall–Kier alpha value is -3.34. The Bertz CT molecular complexity index is 981. The molecule has 3 heterocycles. The number of ketones is 1. The van der Waals surface area contributed by atoms with Crippen molar-refractivity contribution in [2.45, 2.75) is 6.92 Å². The zero-order valence-corrected chi connectivity index (χ0v) is 13.0. The third-order valence-corrected chi connectivity index (χ3v) is 3.81. The van der Waals surface area contributed by atoms with Gasteiger partial charge >= 0.3 is 0 Å². The molecule has 0 atom stereocenters. The lowest BCUT2D eigenvalue weighted by Crippen LogP contribution is -1.99. The number of pyridine rings is 1. The summed E-state index contributed by atoms with van der Waals surface area (Å²) in [4.78, 5) is 19.5. The number of nitrogens with one attached hydrogen (secondary N) is 2. The summed E-state index contributed by atoms with van der Waals surface area (Å²) in [6.45, 7) is 2.02. The monoisotopic (exact) mass is 317 g/mol. The number of hydrogen-bond donors (Lipinski definition) is 2. The first-order valence-electron chi connectivity index (χ1n) is 7.60. The van der Waals surface area contributed by atoms with E-state index >= 15 is 0 Å². The van der Waals surface area contributed by atoms with Gasteiger partial charge in [-0.2, -0.15) is 0 Å². The number of anilines is 1. The Balaban J connectivity index is 1.56. The number of carbonyl (C=O) groups is 1. The highest BCUT2D eigenvalue weighted by Gasteiger charge is 2.21. The summed E-state index contributed by atoms with van der Waals surface area (Å²) in [5.41, 5.74) is 3.69. The van der Waals surface area contributed by atoms with Crippen LogP contribution in [0.4, 0.5) is 5.69 Å². The molecule has 0 radical (unpaired) electrons. The number of fused-ring (bicyclic) bond motifs is 1. The number of ether oxygens (including phenoxy) is 1. The maximum absolute atomic E-state index is 12.2. The van der Waals surface area contributed by atoms with E-state index < -0.39 is 0 Å². The van der Waals surface area contributed by atoms with Crippen LogP contribution in [0.5, 0.6) is 0 Å². The van der Waals surface area contributed by atoms with E-state index in [-0.39, 0.29) is 11.5 Å². The number of nitrogens with zero attached hydrogens (tertiary/aromatic N) is 1. The average molecular weight is 317 g/mol. The normalized spacial score (nSPS) is 15.6. The number of hydrogen-bond acceptors (Lipinski definition) is 4. The van der Waals surface area contributed by atoms with Gasteiger partial charge in [-0.25, -0.2) is 4.98 Å². The number of H-pyrrole nitrogens is 1. The molecule has 4 rings (SSSR count). The standard InChI is InChI=1S/C19H15N3O2/c1-12-4-6-14(7-5-12)22-18-10-16(23)17(24-18)9-13-11-21-19-15(13)3-2-8-20-19/h2-11,22H,1H3,(H,20,21)/b17-9-. The zero-order valence-electron chi connectivity index (χ0n) is 13.0. The zero-order chi connectivity index (χ0) is 16.5. The van der Waals surface area contributed by atoms with Gasteiger partial charge < -0.3 is 15.0 Å². The minimum absolute atomic E-state index is 0.164. The summed E-state index contributed by atoms with van der Waals surface area (Å²) in [5, 5.41) is 4.05. The predicted molar refractivity (Wildman–Crippen MR) is 93.0 cm³/mol. The second-order valence-electron chi connectivity index (χ2n) is 5.62. The van der Waals surface area contributed by atoms with E-state index in [1.165, 1.54) is 11.6 Å². The molecule has 0 unspecified atom stereocenters. The summed E-state index contributed by atoms with van der Waals surface area (Å²) >= 11 is 0. The van der Waals surface area contributed by atoms with Gasteiger partial charge in [-0.1, -0.05) is 17.7 Å². The van der Waals surface area contributed by atoms with Crippen LogP contribution in [0.1, 0.15) is 11.1 Å². The van der Waals surface area contributed by atoms with Crippen molar-refractivity contribution in [3.8, 4) is 0 Å². The highest BCUT2D eigenvalue weighted by Crippen LogP contribution is 2.25. The highest BCUT2D eigenvalue weighted by atomic mass is 16.5. The van der Waals surface area contributed by atoms with Gasteiger partial charge in [-0.3, -0.25) is 4.79 Å². The molecule has 5 heteroatoms. The summed E-state index contributed by atoms with van der Waals surface area (Å²) in [6, 6.07) is 11.7. The molecule has 2 N–H and O–H groups in total. The summed E-state index contributed by atoms with van der Waals surface area (Å²) in [6.07, 6.45) is 6.72. The number of aromatic amines is 1. The molecule has 0 saturated heterocycles. The molecular weight excluding hydrogens is 302 g/mol. The van der Waals surface area contributed by atoms with Crippen LogP contribution in [-0.2, 0) is 9.53 Å². The number of carbonyl (C=O) groups excluding carboxylic acids is 1. The van der Waals surface area contributed by atoms with Crippen LogP contribution in [0, 0.1) is 6.92 Å². The molecule has 0 spiro atoms. The van der Waals surface area contributed by atoms with Crippen LogP contribution < -0.4 is 5.32 Å². The number of rotatable bonds is 3. The van der Waals surface area contributed by atoms with Crippen molar-refractivity contribution in [3.63, 3.8) is 0 Å². The van der Waals surface area contributed by atoms with Crippen LogP contribution in [-0.4, -0.2) is 15.8 Å². The van der Waals surface area contributed by atoms with Crippen molar-refractivity contribution < 1.29 is 9.53 Å². The van der Waals surface area contributed by atoms with Gasteiger partial charge in [0.1, 0.15) is 5.65 Å². The third-order valence-electron chi connectivity index (χ3n) is 3.81. The van der Waals surface area contributed by atoms with Crippen molar-refractivity contribution in [2.75, 3.05) is 5.32 Å². The average Bonchev–Trinajstić information content (AvgIpc) is 3.14. The second-order valence-corrected chi connectivity index (χ2v) is 5.62. The first kappa shape index (κ1) is 14.3. The Labute approximate surface area is 138 Å². The SMILES string of the molecule is Cc1ccc(NC2=CC(=O)/C(=C/c3c[nH]c4ncccc34)O2)cc1. The molecule has 1 aliphatic heterocycles. The van der Waals surface area contributed by atoms with E-state index in [4.69, 9.17) is 4.74 Å². The van der Waals surface area contributed by atoms with E-state index in [0.29, 0.717) is 5.88 Å². The fourth-order valence-corrected chi connectivity index (χ4v) is 2.57. The lowest BCUT2D eigenvalue weighted by Gasteiger charge is -2.07. The van der Waals surface area contributed by atoms with Gasteiger partial charge in [0.2, 0.25) is 11.7 Å². The minimum atomic E-state index is -0.164. The molecule has 118 valence electrons. The fraction of sp³-hybridized carbons (Fsp3) is 0.0526. The van der Waals surface area contributed by atoms with Gasteiger partial charge in [-0.15, -0.1) is 0 Å². The van der Waals surface area contributed by atoms with Crippen molar-refractivity contribution in [2.24, 2.45) is 0 Å². The molecule has 24 heavy (non-hydrogen) atoms. The fourth-order valence-electron chi connectivity index (χ4n) is 2.57. The molecule has 3 aromatic rings. The van der Waals surface area contributed by atoms with Gasteiger partial charge in [-0.05, 0) is 37.3 Å². The number of aryl methyl sites for hydroxylation is 1. The molecule has 0 aliphatic carbocycles. The molecule has 0 saturated carbocycles. The Morgan fingerprint density at radius 2 is 2.04 bits per heavy atom.